The number of nitrogens with zero attached hydrogens (tertiary/aromatic N) is 1. The Labute approximate surface area is 115 Å². The third-order valence-electron chi connectivity index (χ3n) is 2.56. The van der Waals surface area contributed by atoms with Gasteiger partial charge in [-0.3, -0.25) is 14.6 Å². The van der Waals surface area contributed by atoms with Crippen LogP contribution in [-0.4, -0.2) is 29.3 Å². The molecule has 0 saturated carbocycles. The molecular formula is C13H15N3O2S. The molecule has 2 rings (SSSR count). The molecule has 0 unspecified atom stereocenters. The Kier molecular flexibility index (Phi) is 4.57. The van der Waals surface area contributed by atoms with E-state index in [0.717, 1.165) is 12.3 Å². The molecule has 6 heteroatoms. The fourth-order valence-corrected chi connectivity index (χ4v) is 2.26. The molecule has 0 atom stereocenters. The summed E-state index contributed by atoms with van der Waals surface area (Å²) in [4.78, 5) is 27.3. The van der Waals surface area contributed by atoms with E-state index in [-0.39, 0.29) is 11.8 Å². The summed E-state index contributed by atoms with van der Waals surface area (Å²) in [5.41, 5.74) is 1.24. The van der Waals surface area contributed by atoms with Crippen molar-refractivity contribution in [2.75, 3.05) is 17.6 Å². The highest BCUT2D eigenvalue weighted by Gasteiger charge is 2.12. The van der Waals surface area contributed by atoms with Gasteiger partial charge in [0.05, 0.1) is 6.54 Å². The maximum atomic E-state index is 11.9. The summed E-state index contributed by atoms with van der Waals surface area (Å²) in [7, 11) is 0. The Morgan fingerprint density at radius 2 is 2.00 bits per heavy atom. The van der Waals surface area contributed by atoms with E-state index in [1.165, 1.54) is 0 Å². The van der Waals surface area contributed by atoms with Crippen LogP contribution in [0.1, 0.15) is 23.7 Å². The van der Waals surface area contributed by atoms with Crippen LogP contribution >= 0.6 is 11.8 Å². The Morgan fingerprint density at radius 1 is 1.26 bits per heavy atom. The van der Waals surface area contributed by atoms with Crippen LogP contribution in [0.15, 0.2) is 29.3 Å². The molecule has 5 nitrogen and oxygen atoms in total. The monoisotopic (exact) mass is 277 g/mol. The van der Waals surface area contributed by atoms with Crippen LogP contribution in [-0.2, 0) is 4.79 Å². The molecule has 0 aliphatic carbocycles. The number of nitrogens with one attached hydrogen (secondary N) is 2. The summed E-state index contributed by atoms with van der Waals surface area (Å²) in [6.45, 7) is 2.54. The lowest BCUT2D eigenvalue weighted by Crippen LogP contribution is -2.27. The van der Waals surface area contributed by atoms with Gasteiger partial charge in [-0.25, -0.2) is 0 Å². The number of hydrogen-bond donors (Lipinski definition) is 2. The molecule has 100 valence electrons. The van der Waals surface area contributed by atoms with Gasteiger partial charge >= 0.3 is 0 Å². The van der Waals surface area contributed by atoms with Crippen molar-refractivity contribution in [2.24, 2.45) is 4.99 Å². The van der Waals surface area contributed by atoms with Crippen molar-refractivity contribution < 1.29 is 9.59 Å². The highest BCUT2D eigenvalue weighted by atomic mass is 32.2. The van der Waals surface area contributed by atoms with E-state index in [1.807, 2.05) is 0 Å². The van der Waals surface area contributed by atoms with Gasteiger partial charge < -0.3 is 10.6 Å². The van der Waals surface area contributed by atoms with Crippen molar-refractivity contribution in [3.8, 4) is 0 Å². The molecule has 0 spiro atoms. The fourth-order valence-electron chi connectivity index (χ4n) is 1.53. The second-order valence-corrected chi connectivity index (χ2v) is 5.05. The first kappa shape index (κ1) is 13.6. The molecule has 1 aromatic carbocycles. The molecule has 1 heterocycles. The summed E-state index contributed by atoms with van der Waals surface area (Å²) in [6.07, 6.45) is 0.430. The number of aliphatic imine (C=N–C) groups is 1. The number of amidine groups is 1. The predicted octanol–water partition coefficient (Wildman–Crippen LogP) is 1.87. The normalized spacial score (nSPS) is 13.8. The molecule has 2 amide bonds. The van der Waals surface area contributed by atoms with Gasteiger partial charge in [-0.1, -0.05) is 18.7 Å². The van der Waals surface area contributed by atoms with E-state index >= 15 is 0 Å². The Bertz CT molecular complexity index is 511. The van der Waals surface area contributed by atoms with Gasteiger partial charge in [0.15, 0.2) is 5.17 Å². The molecule has 0 radical (unpaired) electrons. The summed E-state index contributed by atoms with van der Waals surface area (Å²) < 4.78 is 0. The quantitative estimate of drug-likeness (QED) is 0.886. The van der Waals surface area contributed by atoms with Gasteiger partial charge in [0.2, 0.25) is 5.91 Å². The predicted molar refractivity (Wildman–Crippen MR) is 77.6 cm³/mol. The van der Waals surface area contributed by atoms with Crippen molar-refractivity contribution in [3.63, 3.8) is 0 Å². The van der Waals surface area contributed by atoms with E-state index in [9.17, 15) is 9.59 Å². The zero-order valence-electron chi connectivity index (χ0n) is 10.6. The van der Waals surface area contributed by atoms with Gasteiger partial charge in [-0.05, 0) is 24.3 Å². The lowest BCUT2D eigenvalue weighted by molar-refractivity contribution is -0.115. The highest BCUT2D eigenvalue weighted by molar-refractivity contribution is 8.14. The summed E-state index contributed by atoms with van der Waals surface area (Å²) in [5.74, 6) is 0.688. The van der Waals surface area contributed by atoms with Crippen molar-refractivity contribution in [3.05, 3.63) is 29.8 Å². The van der Waals surface area contributed by atoms with Gasteiger partial charge in [0, 0.05) is 23.4 Å². The van der Waals surface area contributed by atoms with E-state index in [2.05, 4.69) is 15.6 Å². The first-order valence-corrected chi connectivity index (χ1v) is 7.06. The Hall–Kier alpha value is -1.82. The lowest BCUT2D eigenvalue weighted by atomic mass is 10.2. The van der Waals surface area contributed by atoms with E-state index in [0.29, 0.717) is 22.8 Å². The van der Waals surface area contributed by atoms with E-state index in [1.54, 1.807) is 43.0 Å². The number of hydrogen-bond acceptors (Lipinski definition) is 4. The number of amides is 2. The maximum Gasteiger partial charge on any atom is 0.257 e. The number of anilines is 1. The molecule has 19 heavy (non-hydrogen) atoms. The first-order chi connectivity index (χ1) is 9.19. The average Bonchev–Trinajstić information content (AvgIpc) is 2.92. The van der Waals surface area contributed by atoms with Crippen LogP contribution in [0.25, 0.3) is 0 Å². The Morgan fingerprint density at radius 3 is 2.58 bits per heavy atom. The van der Waals surface area contributed by atoms with Crippen LogP contribution in [0.4, 0.5) is 5.69 Å². The van der Waals surface area contributed by atoms with Crippen LogP contribution in [0, 0.1) is 0 Å². The minimum Gasteiger partial charge on any atom is -0.326 e. The zero-order valence-corrected chi connectivity index (χ0v) is 11.4. The first-order valence-electron chi connectivity index (χ1n) is 6.07. The number of carbonyl (C=O) groups is 2. The number of carbonyl (C=O) groups excluding carboxylic acids is 2. The SMILES string of the molecule is CCC(=O)Nc1ccc(C(=O)NC2=NCCS2)cc1. The Balaban J connectivity index is 1.97. The second kappa shape index (κ2) is 6.38. The molecule has 0 bridgehead atoms. The molecule has 1 aliphatic heterocycles. The largest absolute Gasteiger partial charge is 0.326 e. The van der Waals surface area contributed by atoms with Crippen molar-refractivity contribution in [1.82, 2.24) is 5.32 Å². The van der Waals surface area contributed by atoms with Gasteiger partial charge in [-0.2, -0.15) is 0 Å². The van der Waals surface area contributed by atoms with E-state index < -0.39 is 0 Å². The average molecular weight is 277 g/mol. The van der Waals surface area contributed by atoms with Gasteiger partial charge in [0.25, 0.3) is 5.91 Å². The molecule has 0 saturated heterocycles. The maximum absolute atomic E-state index is 11.9. The summed E-state index contributed by atoms with van der Waals surface area (Å²) >= 11 is 1.54. The third-order valence-corrected chi connectivity index (χ3v) is 3.45. The third kappa shape index (κ3) is 3.82. The van der Waals surface area contributed by atoms with Gasteiger partial charge in [0.1, 0.15) is 0 Å². The zero-order chi connectivity index (χ0) is 13.7. The smallest absolute Gasteiger partial charge is 0.257 e. The topological polar surface area (TPSA) is 70.6 Å². The molecule has 0 aromatic heterocycles. The van der Waals surface area contributed by atoms with Crippen LogP contribution in [0.5, 0.6) is 0 Å². The molecule has 0 fully saturated rings. The van der Waals surface area contributed by atoms with Crippen molar-refractivity contribution in [1.29, 1.82) is 0 Å². The van der Waals surface area contributed by atoms with Crippen molar-refractivity contribution >= 4 is 34.4 Å². The van der Waals surface area contributed by atoms with Crippen LogP contribution in [0.3, 0.4) is 0 Å². The molecule has 1 aromatic rings. The molecule has 1 aliphatic rings. The number of thioether (sulfide) groups is 1. The van der Waals surface area contributed by atoms with Crippen LogP contribution < -0.4 is 10.6 Å². The molecular weight excluding hydrogens is 262 g/mol. The standard InChI is InChI=1S/C13H15N3O2S/c1-2-11(17)15-10-5-3-9(4-6-10)12(18)16-13-14-7-8-19-13/h3-6H,2,7-8H2,1H3,(H,15,17)(H,14,16,18). The second-order valence-electron chi connectivity index (χ2n) is 3.97. The van der Waals surface area contributed by atoms with Gasteiger partial charge in [-0.15, -0.1) is 0 Å². The highest BCUT2D eigenvalue weighted by Crippen LogP contribution is 2.12. The van der Waals surface area contributed by atoms with Crippen LogP contribution in [0.2, 0.25) is 0 Å². The van der Waals surface area contributed by atoms with E-state index in [4.69, 9.17) is 0 Å². The minimum absolute atomic E-state index is 0.0473. The fraction of sp³-hybridized carbons (Fsp3) is 0.308. The van der Waals surface area contributed by atoms with Crippen molar-refractivity contribution in [2.45, 2.75) is 13.3 Å². The number of rotatable bonds is 3. The summed E-state index contributed by atoms with van der Waals surface area (Å²) in [5, 5.41) is 6.16. The molecule has 2 N–H and O–H groups in total. The lowest BCUT2D eigenvalue weighted by Gasteiger charge is -2.06. The number of benzene rings is 1. The summed E-state index contributed by atoms with van der Waals surface area (Å²) in [6, 6.07) is 6.79. The minimum atomic E-state index is -0.179.